The minimum absolute atomic E-state index is 0.709. The molecule has 2 aromatic rings. The van der Waals surface area contributed by atoms with Crippen molar-refractivity contribution in [3.63, 3.8) is 0 Å². The zero-order chi connectivity index (χ0) is 12.1. The van der Waals surface area contributed by atoms with Crippen molar-refractivity contribution in [2.24, 2.45) is 12.8 Å². The van der Waals surface area contributed by atoms with Crippen molar-refractivity contribution in [1.29, 1.82) is 0 Å². The molecule has 0 aliphatic rings. The van der Waals surface area contributed by atoms with E-state index in [1.807, 2.05) is 23.7 Å². The van der Waals surface area contributed by atoms with Crippen molar-refractivity contribution >= 4 is 11.8 Å². The Morgan fingerprint density at radius 3 is 3.00 bits per heavy atom. The first-order chi connectivity index (χ1) is 8.33. The Hall–Kier alpha value is -1.40. The lowest BCUT2D eigenvalue weighted by atomic mass is 10.3. The number of thioether (sulfide) groups is 1. The summed E-state index contributed by atoms with van der Waals surface area (Å²) in [6.07, 6.45) is 4.52. The van der Waals surface area contributed by atoms with E-state index in [0.29, 0.717) is 6.54 Å². The van der Waals surface area contributed by atoms with Crippen LogP contribution in [0.4, 0.5) is 0 Å². The van der Waals surface area contributed by atoms with E-state index in [1.165, 1.54) is 0 Å². The van der Waals surface area contributed by atoms with Crippen LogP contribution in [0.2, 0.25) is 0 Å². The summed E-state index contributed by atoms with van der Waals surface area (Å²) in [6, 6.07) is 3.87. The average molecular weight is 249 g/mol. The molecule has 0 saturated heterocycles. The molecule has 0 aliphatic carbocycles. The van der Waals surface area contributed by atoms with E-state index < -0.39 is 0 Å². The van der Waals surface area contributed by atoms with Crippen LogP contribution in [0.15, 0.2) is 29.7 Å². The maximum Gasteiger partial charge on any atom is 0.191 e. The molecule has 0 spiro atoms. The highest BCUT2D eigenvalue weighted by atomic mass is 32.2. The molecule has 2 heterocycles. The maximum absolute atomic E-state index is 5.46. The molecule has 0 atom stereocenters. The van der Waals surface area contributed by atoms with Crippen molar-refractivity contribution in [3.8, 4) is 11.4 Å². The van der Waals surface area contributed by atoms with Gasteiger partial charge in [-0.1, -0.05) is 11.8 Å². The fourth-order valence-corrected chi connectivity index (χ4v) is 2.31. The van der Waals surface area contributed by atoms with E-state index in [-0.39, 0.29) is 0 Å². The number of aromatic nitrogens is 4. The van der Waals surface area contributed by atoms with Gasteiger partial charge in [-0.15, -0.1) is 10.2 Å². The molecule has 2 N–H and O–H groups in total. The second kappa shape index (κ2) is 5.79. The lowest BCUT2D eigenvalue weighted by molar-refractivity contribution is 0.791. The van der Waals surface area contributed by atoms with Crippen molar-refractivity contribution in [2.45, 2.75) is 11.6 Å². The first-order valence-corrected chi connectivity index (χ1v) is 6.44. The third kappa shape index (κ3) is 2.83. The second-order valence-corrected chi connectivity index (χ2v) is 4.66. The van der Waals surface area contributed by atoms with Crippen molar-refractivity contribution in [2.75, 3.05) is 12.3 Å². The Morgan fingerprint density at radius 2 is 2.29 bits per heavy atom. The summed E-state index contributed by atoms with van der Waals surface area (Å²) in [6.45, 7) is 0.709. The number of pyridine rings is 1. The van der Waals surface area contributed by atoms with Crippen LogP contribution in [0.3, 0.4) is 0 Å². The Balaban J connectivity index is 2.15. The van der Waals surface area contributed by atoms with Gasteiger partial charge in [0.25, 0.3) is 0 Å². The minimum atomic E-state index is 0.709. The molecule has 0 radical (unpaired) electrons. The molecule has 17 heavy (non-hydrogen) atoms. The van der Waals surface area contributed by atoms with Gasteiger partial charge in [0, 0.05) is 30.8 Å². The Morgan fingerprint density at radius 1 is 1.41 bits per heavy atom. The first-order valence-electron chi connectivity index (χ1n) is 5.45. The normalized spacial score (nSPS) is 10.7. The van der Waals surface area contributed by atoms with Crippen molar-refractivity contribution in [1.82, 2.24) is 19.7 Å². The highest BCUT2D eigenvalue weighted by molar-refractivity contribution is 7.99. The summed E-state index contributed by atoms with van der Waals surface area (Å²) in [5.74, 6) is 1.81. The summed E-state index contributed by atoms with van der Waals surface area (Å²) in [4.78, 5) is 4.08. The number of hydrogen-bond acceptors (Lipinski definition) is 5. The topological polar surface area (TPSA) is 69.6 Å². The van der Waals surface area contributed by atoms with Gasteiger partial charge in [0.2, 0.25) is 0 Å². The Labute approximate surface area is 104 Å². The lowest BCUT2D eigenvalue weighted by Crippen LogP contribution is -2.00. The van der Waals surface area contributed by atoms with E-state index in [9.17, 15) is 0 Å². The molecule has 0 aliphatic heterocycles. The van der Waals surface area contributed by atoms with Gasteiger partial charge in [-0.05, 0) is 25.1 Å². The molecule has 0 unspecified atom stereocenters. The summed E-state index contributed by atoms with van der Waals surface area (Å²) in [5.41, 5.74) is 6.44. The van der Waals surface area contributed by atoms with Crippen molar-refractivity contribution in [3.05, 3.63) is 24.5 Å². The zero-order valence-electron chi connectivity index (χ0n) is 9.71. The van der Waals surface area contributed by atoms with Gasteiger partial charge in [-0.25, -0.2) is 0 Å². The molecule has 2 aromatic heterocycles. The van der Waals surface area contributed by atoms with Crippen LogP contribution in [0.1, 0.15) is 6.42 Å². The SMILES string of the molecule is Cn1c(SCCCN)nnc1-c1cccnc1. The standard InChI is InChI=1S/C11H15N5S/c1-16-10(9-4-2-6-13-8-9)14-15-11(16)17-7-3-5-12/h2,4,6,8H,3,5,7,12H2,1H3. The molecule has 0 amide bonds. The van der Waals surface area contributed by atoms with Crippen LogP contribution < -0.4 is 5.73 Å². The van der Waals surface area contributed by atoms with Gasteiger partial charge in [-0.3, -0.25) is 4.98 Å². The molecule has 0 aromatic carbocycles. The monoisotopic (exact) mass is 249 g/mol. The quantitative estimate of drug-likeness (QED) is 0.639. The molecule has 0 bridgehead atoms. The Bertz CT molecular complexity index is 468. The smallest absolute Gasteiger partial charge is 0.191 e. The van der Waals surface area contributed by atoms with Gasteiger partial charge < -0.3 is 10.3 Å². The van der Waals surface area contributed by atoms with Crippen LogP contribution >= 0.6 is 11.8 Å². The number of nitrogens with zero attached hydrogens (tertiary/aromatic N) is 4. The van der Waals surface area contributed by atoms with E-state index >= 15 is 0 Å². The van der Waals surface area contributed by atoms with Crippen molar-refractivity contribution < 1.29 is 0 Å². The molecule has 2 rings (SSSR count). The number of hydrogen-bond donors (Lipinski definition) is 1. The third-order valence-corrected chi connectivity index (χ3v) is 3.44. The molecular weight excluding hydrogens is 234 g/mol. The minimum Gasteiger partial charge on any atom is -0.330 e. The number of nitrogens with two attached hydrogens (primary N) is 1. The highest BCUT2D eigenvalue weighted by Crippen LogP contribution is 2.21. The van der Waals surface area contributed by atoms with Gasteiger partial charge >= 0.3 is 0 Å². The predicted octanol–water partition coefficient (Wildman–Crippen LogP) is 1.32. The van der Waals surface area contributed by atoms with Crippen LogP contribution in [-0.2, 0) is 7.05 Å². The second-order valence-electron chi connectivity index (χ2n) is 3.60. The summed E-state index contributed by atoms with van der Waals surface area (Å²) in [5, 5.41) is 9.27. The first kappa shape index (κ1) is 12.1. The highest BCUT2D eigenvalue weighted by Gasteiger charge is 2.10. The van der Waals surface area contributed by atoms with E-state index in [0.717, 1.165) is 28.7 Å². The molecule has 0 saturated carbocycles. The average Bonchev–Trinajstić information content (AvgIpc) is 2.73. The summed E-state index contributed by atoms with van der Waals surface area (Å²) < 4.78 is 1.98. The number of rotatable bonds is 5. The van der Waals surface area contributed by atoms with Gasteiger partial charge in [0.1, 0.15) is 0 Å². The largest absolute Gasteiger partial charge is 0.330 e. The summed E-state index contributed by atoms with van der Waals surface area (Å²) in [7, 11) is 1.97. The molecule has 5 nitrogen and oxygen atoms in total. The van der Waals surface area contributed by atoms with Crippen LogP contribution in [0.25, 0.3) is 11.4 Å². The zero-order valence-corrected chi connectivity index (χ0v) is 10.5. The molecule has 0 fully saturated rings. The van der Waals surface area contributed by atoms with E-state index in [1.54, 1.807) is 24.2 Å². The third-order valence-electron chi connectivity index (χ3n) is 2.33. The van der Waals surface area contributed by atoms with E-state index in [2.05, 4.69) is 15.2 Å². The van der Waals surface area contributed by atoms with Crippen LogP contribution in [-0.4, -0.2) is 32.0 Å². The van der Waals surface area contributed by atoms with E-state index in [4.69, 9.17) is 5.73 Å². The predicted molar refractivity (Wildman–Crippen MR) is 68.6 cm³/mol. The fraction of sp³-hybridized carbons (Fsp3) is 0.364. The maximum atomic E-state index is 5.46. The van der Waals surface area contributed by atoms with Gasteiger partial charge in [0.05, 0.1) is 0 Å². The van der Waals surface area contributed by atoms with Crippen LogP contribution in [0, 0.1) is 0 Å². The Kier molecular flexibility index (Phi) is 4.11. The van der Waals surface area contributed by atoms with Gasteiger partial charge in [0.15, 0.2) is 11.0 Å². The molecule has 90 valence electrons. The van der Waals surface area contributed by atoms with Crippen LogP contribution in [0.5, 0.6) is 0 Å². The fourth-order valence-electron chi connectivity index (χ4n) is 1.43. The molecule has 6 heteroatoms. The molecular formula is C11H15N5S. The van der Waals surface area contributed by atoms with Gasteiger partial charge in [-0.2, -0.15) is 0 Å². The lowest BCUT2D eigenvalue weighted by Gasteiger charge is -2.02. The summed E-state index contributed by atoms with van der Waals surface area (Å²) >= 11 is 1.68.